The Labute approximate surface area is 94.9 Å². The van der Waals surface area contributed by atoms with Crippen LogP contribution in [0.1, 0.15) is 11.1 Å². The smallest absolute Gasteiger partial charge is 0.0564 e. The van der Waals surface area contributed by atoms with Crippen LogP contribution in [0.15, 0.2) is 53.9 Å². The summed E-state index contributed by atoms with van der Waals surface area (Å²) in [4.78, 5) is 3.94. The molecule has 1 heterocycles. The van der Waals surface area contributed by atoms with Gasteiger partial charge in [-0.05, 0) is 42.3 Å². The molecule has 0 atom stereocenters. The SMILES string of the molecule is Cc1cccc(NN=Cc2ccncc2)c1. The lowest BCUT2D eigenvalue weighted by Gasteiger charge is -2.00. The van der Waals surface area contributed by atoms with Crippen molar-refractivity contribution in [1.29, 1.82) is 0 Å². The standard InChI is InChI=1S/C13H13N3/c1-11-3-2-4-13(9-11)16-15-10-12-5-7-14-8-6-12/h2-10,16H,1H3. The molecule has 0 saturated heterocycles. The van der Waals surface area contributed by atoms with Gasteiger partial charge in [-0.15, -0.1) is 0 Å². The molecule has 0 unspecified atom stereocenters. The minimum absolute atomic E-state index is 0.991. The molecule has 16 heavy (non-hydrogen) atoms. The number of hydrazone groups is 1. The summed E-state index contributed by atoms with van der Waals surface area (Å²) in [6.45, 7) is 2.05. The highest BCUT2D eigenvalue weighted by Gasteiger charge is 1.89. The van der Waals surface area contributed by atoms with Crippen molar-refractivity contribution < 1.29 is 0 Å². The quantitative estimate of drug-likeness (QED) is 0.626. The molecule has 2 rings (SSSR count). The van der Waals surface area contributed by atoms with Crippen LogP contribution in [0.25, 0.3) is 0 Å². The fraction of sp³-hybridized carbons (Fsp3) is 0.0769. The number of hydrogen-bond acceptors (Lipinski definition) is 3. The van der Waals surface area contributed by atoms with E-state index < -0.39 is 0 Å². The molecule has 0 aliphatic rings. The van der Waals surface area contributed by atoms with E-state index in [0.29, 0.717) is 0 Å². The summed E-state index contributed by atoms with van der Waals surface area (Å²) in [6.07, 6.45) is 5.26. The first-order valence-electron chi connectivity index (χ1n) is 5.10. The molecule has 0 aliphatic heterocycles. The van der Waals surface area contributed by atoms with Crippen LogP contribution < -0.4 is 5.43 Å². The number of nitrogens with zero attached hydrogens (tertiary/aromatic N) is 2. The topological polar surface area (TPSA) is 37.3 Å². The number of aryl methyl sites for hydroxylation is 1. The largest absolute Gasteiger partial charge is 0.278 e. The normalized spacial score (nSPS) is 10.6. The van der Waals surface area contributed by atoms with Gasteiger partial charge >= 0.3 is 0 Å². The van der Waals surface area contributed by atoms with Crippen molar-refractivity contribution in [3.63, 3.8) is 0 Å². The third kappa shape index (κ3) is 2.92. The summed E-state index contributed by atoms with van der Waals surface area (Å²) >= 11 is 0. The van der Waals surface area contributed by atoms with E-state index in [1.807, 2.05) is 30.3 Å². The molecule has 0 spiro atoms. The minimum Gasteiger partial charge on any atom is -0.278 e. The molecule has 0 saturated carbocycles. The molecule has 0 radical (unpaired) electrons. The monoisotopic (exact) mass is 211 g/mol. The molecule has 80 valence electrons. The lowest BCUT2D eigenvalue weighted by atomic mass is 10.2. The fourth-order valence-corrected chi connectivity index (χ4v) is 1.35. The molecule has 1 N–H and O–H groups in total. The maximum absolute atomic E-state index is 4.15. The summed E-state index contributed by atoms with van der Waals surface area (Å²) in [7, 11) is 0. The third-order valence-corrected chi connectivity index (χ3v) is 2.13. The van der Waals surface area contributed by atoms with Crippen LogP contribution in [-0.4, -0.2) is 11.2 Å². The zero-order valence-electron chi connectivity index (χ0n) is 9.09. The molecule has 0 bridgehead atoms. The predicted octanol–water partition coefficient (Wildman–Crippen LogP) is 2.84. The summed E-state index contributed by atoms with van der Waals surface area (Å²) in [5.41, 5.74) is 6.21. The van der Waals surface area contributed by atoms with Crippen molar-refractivity contribution in [2.75, 3.05) is 5.43 Å². The molecule has 0 aliphatic carbocycles. The summed E-state index contributed by atoms with van der Waals surface area (Å²) in [5.74, 6) is 0. The van der Waals surface area contributed by atoms with Crippen LogP contribution in [0.3, 0.4) is 0 Å². The maximum atomic E-state index is 4.15. The van der Waals surface area contributed by atoms with Gasteiger partial charge in [0.2, 0.25) is 0 Å². The first-order valence-corrected chi connectivity index (χ1v) is 5.10. The van der Waals surface area contributed by atoms with E-state index in [2.05, 4.69) is 28.5 Å². The molecule has 0 fully saturated rings. The second-order valence-corrected chi connectivity index (χ2v) is 3.52. The van der Waals surface area contributed by atoms with Gasteiger partial charge in [-0.1, -0.05) is 12.1 Å². The molecule has 1 aromatic heterocycles. The average molecular weight is 211 g/mol. The summed E-state index contributed by atoms with van der Waals surface area (Å²) < 4.78 is 0. The fourth-order valence-electron chi connectivity index (χ4n) is 1.35. The van der Waals surface area contributed by atoms with E-state index in [1.54, 1.807) is 18.6 Å². The number of rotatable bonds is 3. The maximum Gasteiger partial charge on any atom is 0.0564 e. The highest BCUT2D eigenvalue weighted by Crippen LogP contribution is 2.08. The number of anilines is 1. The van der Waals surface area contributed by atoms with Gasteiger partial charge in [-0.2, -0.15) is 5.10 Å². The lowest BCUT2D eigenvalue weighted by Crippen LogP contribution is -1.90. The third-order valence-electron chi connectivity index (χ3n) is 2.13. The number of nitrogens with one attached hydrogen (secondary N) is 1. The van der Waals surface area contributed by atoms with Gasteiger partial charge in [0.05, 0.1) is 11.9 Å². The van der Waals surface area contributed by atoms with Gasteiger partial charge in [0.25, 0.3) is 0 Å². The van der Waals surface area contributed by atoms with Crippen LogP contribution in [-0.2, 0) is 0 Å². The van der Waals surface area contributed by atoms with Crippen LogP contribution in [0.5, 0.6) is 0 Å². The predicted molar refractivity (Wildman–Crippen MR) is 66.6 cm³/mol. The van der Waals surface area contributed by atoms with Gasteiger partial charge in [-0.3, -0.25) is 10.4 Å². The Bertz CT molecular complexity index is 478. The molecule has 3 heteroatoms. The van der Waals surface area contributed by atoms with Crippen molar-refractivity contribution in [2.45, 2.75) is 6.92 Å². The Morgan fingerprint density at radius 2 is 2.00 bits per heavy atom. The molecule has 2 aromatic rings. The number of hydrogen-bond donors (Lipinski definition) is 1. The van der Waals surface area contributed by atoms with E-state index >= 15 is 0 Å². The molecular weight excluding hydrogens is 198 g/mol. The summed E-state index contributed by atoms with van der Waals surface area (Å²) in [6, 6.07) is 11.9. The van der Waals surface area contributed by atoms with E-state index in [-0.39, 0.29) is 0 Å². The van der Waals surface area contributed by atoms with E-state index in [4.69, 9.17) is 0 Å². The van der Waals surface area contributed by atoms with E-state index in [1.165, 1.54) is 5.56 Å². The summed E-state index contributed by atoms with van der Waals surface area (Å²) in [5, 5.41) is 4.15. The molecular formula is C13H13N3. The first kappa shape index (κ1) is 10.4. The minimum atomic E-state index is 0.991. The second kappa shape index (κ2) is 5.07. The van der Waals surface area contributed by atoms with Crippen LogP contribution in [0.2, 0.25) is 0 Å². The van der Waals surface area contributed by atoms with Crippen LogP contribution in [0, 0.1) is 6.92 Å². The average Bonchev–Trinajstić information content (AvgIpc) is 2.30. The zero-order valence-corrected chi connectivity index (χ0v) is 9.09. The highest BCUT2D eigenvalue weighted by atomic mass is 15.3. The van der Waals surface area contributed by atoms with Crippen molar-refractivity contribution in [3.8, 4) is 0 Å². The second-order valence-electron chi connectivity index (χ2n) is 3.52. The number of pyridine rings is 1. The van der Waals surface area contributed by atoms with Crippen molar-refractivity contribution in [1.82, 2.24) is 4.98 Å². The zero-order chi connectivity index (χ0) is 11.2. The Balaban J connectivity index is 2.00. The molecule has 0 amide bonds. The van der Waals surface area contributed by atoms with Crippen LogP contribution >= 0.6 is 0 Å². The number of aromatic nitrogens is 1. The van der Waals surface area contributed by atoms with E-state index in [9.17, 15) is 0 Å². The molecule has 3 nitrogen and oxygen atoms in total. The van der Waals surface area contributed by atoms with Gasteiger partial charge < -0.3 is 0 Å². The van der Waals surface area contributed by atoms with Gasteiger partial charge in [-0.25, -0.2) is 0 Å². The van der Waals surface area contributed by atoms with Gasteiger partial charge in [0, 0.05) is 12.4 Å². The van der Waals surface area contributed by atoms with Crippen molar-refractivity contribution >= 4 is 11.9 Å². The van der Waals surface area contributed by atoms with Crippen molar-refractivity contribution in [2.24, 2.45) is 5.10 Å². The Kier molecular flexibility index (Phi) is 3.28. The Morgan fingerprint density at radius 3 is 2.75 bits per heavy atom. The lowest BCUT2D eigenvalue weighted by molar-refractivity contribution is 1.31. The Morgan fingerprint density at radius 1 is 1.19 bits per heavy atom. The van der Waals surface area contributed by atoms with Crippen LogP contribution in [0.4, 0.5) is 5.69 Å². The Hall–Kier alpha value is -2.16. The first-order chi connectivity index (χ1) is 7.84. The number of benzene rings is 1. The van der Waals surface area contributed by atoms with Crippen molar-refractivity contribution in [3.05, 3.63) is 59.9 Å². The highest BCUT2D eigenvalue weighted by molar-refractivity contribution is 5.79. The van der Waals surface area contributed by atoms with Gasteiger partial charge in [0.1, 0.15) is 0 Å². The molecule has 1 aromatic carbocycles. The van der Waals surface area contributed by atoms with E-state index in [0.717, 1.165) is 11.3 Å². The van der Waals surface area contributed by atoms with Gasteiger partial charge in [0.15, 0.2) is 0 Å².